The molecule has 0 aliphatic rings. The molecule has 9 nitrogen and oxygen atoms in total. The Hall–Kier alpha value is -3.75. The van der Waals surface area contributed by atoms with E-state index < -0.39 is 5.91 Å². The minimum Gasteiger partial charge on any atom is -0.465 e. The highest BCUT2D eigenvalue weighted by Crippen LogP contribution is 2.22. The normalized spacial score (nSPS) is 11.5. The molecule has 0 bridgehead atoms. The van der Waals surface area contributed by atoms with Gasteiger partial charge in [0.1, 0.15) is 11.5 Å². The molecule has 156 valence electrons. The second kappa shape index (κ2) is 9.64. The Morgan fingerprint density at radius 1 is 1.20 bits per heavy atom. The number of benzene rings is 1. The Morgan fingerprint density at radius 2 is 1.97 bits per heavy atom. The highest BCUT2D eigenvalue weighted by molar-refractivity contribution is 6.19. The lowest BCUT2D eigenvalue weighted by Crippen LogP contribution is -2.43. The van der Waals surface area contributed by atoms with Gasteiger partial charge in [-0.3, -0.25) is 9.59 Å². The van der Waals surface area contributed by atoms with Gasteiger partial charge in [-0.25, -0.2) is 0 Å². The van der Waals surface area contributed by atoms with E-state index in [1.807, 2.05) is 51.1 Å². The zero-order chi connectivity index (χ0) is 21.5. The van der Waals surface area contributed by atoms with Crippen molar-refractivity contribution in [2.24, 2.45) is 0 Å². The van der Waals surface area contributed by atoms with Crippen LogP contribution in [0.1, 0.15) is 26.5 Å². The van der Waals surface area contributed by atoms with Gasteiger partial charge in [0.05, 0.1) is 12.8 Å². The van der Waals surface area contributed by atoms with Gasteiger partial charge in [0.25, 0.3) is 5.91 Å². The molecule has 2 aromatic heterocycles. The molecule has 0 fully saturated rings. The van der Waals surface area contributed by atoms with Crippen molar-refractivity contribution in [1.29, 1.82) is 0 Å². The fourth-order valence-electron chi connectivity index (χ4n) is 2.87. The van der Waals surface area contributed by atoms with E-state index in [1.54, 1.807) is 18.2 Å². The van der Waals surface area contributed by atoms with Crippen LogP contribution in [0.2, 0.25) is 0 Å². The predicted molar refractivity (Wildman–Crippen MR) is 112 cm³/mol. The van der Waals surface area contributed by atoms with E-state index in [2.05, 4.69) is 20.8 Å². The van der Waals surface area contributed by atoms with Crippen LogP contribution in [0, 0.1) is 0 Å². The summed E-state index contributed by atoms with van der Waals surface area (Å²) >= 11 is 0. The van der Waals surface area contributed by atoms with Crippen LogP contribution in [0.3, 0.4) is 0 Å². The summed E-state index contributed by atoms with van der Waals surface area (Å²) in [5, 5.41) is 14.7. The van der Waals surface area contributed by atoms with Gasteiger partial charge in [-0.15, -0.1) is 5.10 Å². The van der Waals surface area contributed by atoms with Crippen molar-refractivity contribution in [2.45, 2.75) is 26.8 Å². The number of nitrogens with zero attached hydrogens (tertiary/aromatic N) is 5. The average Bonchev–Trinajstić information content (AvgIpc) is 3.41. The van der Waals surface area contributed by atoms with Gasteiger partial charge >= 0.3 is 0 Å². The first kappa shape index (κ1) is 21.0. The van der Waals surface area contributed by atoms with E-state index in [-0.39, 0.29) is 24.2 Å². The summed E-state index contributed by atoms with van der Waals surface area (Å²) in [6, 6.07) is 12.7. The van der Waals surface area contributed by atoms with E-state index >= 15 is 0 Å². The molecule has 9 heteroatoms. The first-order valence-corrected chi connectivity index (χ1v) is 9.67. The molecule has 3 rings (SSSR count). The highest BCUT2D eigenvalue weighted by Gasteiger charge is 2.25. The van der Waals surface area contributed by atoms with Gasteiger partial charge in [-0.2, -0.15) is 4.68 Å². The molecule has 3 aromatic rings. The third-order valence-electron chi connectivity index (χ3n) is 4.22. The fraction of sp³-hybridized carbons (Fsp3) is 0.286. The number of furan rings is 1. The number of carbonyl (C=O) groups is 2. The highest BCUT2D eigenvalue weighted by atomic mass is 16.3. The largest absolute Gasteiger partial charge is 0.465 e. The topological polar surface area (TPSA) is 106 Å². The Labute approximate surface area is 174 Å². The molecule has 2 heterocycles. The van der Waals surface area contributed by atoms with Crippen LogP contribution >= 0.6 is 0 Å². The van der Waals surface area contributed by atoms with Gasteiger partial charge in [-0.1, -0.05) is 30.3 Å². The third kappa shape index (κ3) is 4.99. The van der Waals surface area contributed by atoms with Crippen molar-refractivity contribution < 1.29 is 14.0 Å². The number of hydrogen-bond acceptors (Lipinski definition) is 6. The molecule has 2 amide bonds. The van der Waals surface area contributed by atoms with Gasteiger partial charge in [-0.05, 0) is 43.3 Å². The minimum atomic E-state index is -0.391. The SMILES string of the molecule is CCN(CC(=O)NC(C)C)C(=O)/C(=C\c1ccco1)n1nnnc1-c1ccccc1. The van der Waals surface area contributed by atoms with Gasteiger partial charge in [0.2, 0.25) is 5.91 Å². The fourth-order valence-corrected chi connectivity index (χ4v) is 2.87. The van der Waals surface area contributed by atoms with Crippen molar-refractivity contribution in [2.75, 3.05) is 13.1 Å². The average molecular weight is 408 g/mol. The Balaban J connectivity index is 2.00. The summed E-state index contributed by atoms with van der Waals surface area (Å²) < 4.78 is 6.76. The second-order valence-electron chi connectivity index (χ2n) is 6.87. The van der Waals surface area contributed by atoms with E-state index in [0.29, 0.717) is 18.1 Å². The first-order chi connectivity index (χ1) is 14.5. The number of rotatable bonds is 8. The summed E-state index contributed by atoms with van der Waals surface area (Å²) in [6.07, 6.45) is 3.08. The van der Waals surface area contributed by atoms with Crippen LogP contribution in [-0.4, -0.2) is 56.1 Å². The van der Waals surface area contributed by atoms with Crippen LogP contribution in [0.25, 0.3) is 23.2 Å². The molecule has 0 unspecified atom stereocenters. The number of tetrazole rings is 1. The first-order valence-electron chi connectivity index (χ1n) is 9.67. The zero-order valence-electron chi connectivity index (χ0n) is 17.1. The Morgan fingerprint density at radius 3 is 2.60 bits per heavy atom. The maximum atomic E-state index is 13.4. The molecule has 0 spiro atoms. The van der Waals surface area contributed by atoms with Crippen molar-refractivity contribution in [1.82, 2.24) is 30.4 Å². The van der Waals surface area contributed by atoms with Crippen molar-refractivity contribution in [3.05, 3.63) is 54.5 Å². The van der Waals surface area contributed by atoms with E-state index in [0.717, 1.165) is 5.56 Å². The quantitative estimate of drug-likeness (QED) is 0.573. The van der Waals surface area contributed by atoms with Crippen molar-refractivity contribution in [3.63, 3.8) is 0 Å². The lowest BCUT2D eigenvalue weighted by Gasteiger charge is -2.22. The Bertz CT molecular complexity index is 1010. The molecule has 1 N–H and O–H groups in total. The van der Waals surface area contributed by atoms with Crippen LogP contribution in [0.5, 0.6) is 0 Å². The smallest absolute Gasteiger partial charge is 0.273 e. The molecule has 0 saturated heterocycles. The predicted octanol–water partition coefficient (Wildman–Crippen LogP) is 2.30. The summed E-state index contributed by atoms with van der Waals surface area (Å²) in [7, 11) is 0. The number of likely N-dealkylation sites (N-methyl/N-ethyl adjacent to an activating group) is 1. The molecule has 0 saturated carbocycles. The maximum absolute atomic E-state index is 13.4. The molecular formula is C21H24N6O3. The number of hydrogen-bond donors (Lipinski definition) is 1. The summed E-state index contributed by atoms with van der Waals surface area (Å²) in [6.45, 7) is 5.80. The number of nitrogens with one attached hydrogen (secondary N) is 1. The van der Waals surface area contributed by atoms with E-state index in [1.165, 1.54) is 15.8 Å². The monoisotopic (exact) mass is 408 g/mol. The molecular weight excluding hydrogens is 384 g/mol. The van der Waals surface area contributed by atoms with Gasteiger partial charge in [0.15, 0.2) is 5.82 Å². The number of amides is 2. The van der Waals surface area contributed by atoms with Crippen LogP contribution in [-0.2, 0) is 9.59 Å². The third-order valence-corrected chi connectivity index (χ3v) is 4.22. The van der Waals surface area contributed by atoms with Crippen LogP contribution in [0.15, 0.2) is 53.1 Å². The summed E-state index contributed by atoms with van der Waals surface area (Å²) in [4.78, 5) is 27.1. The van der Waals surface area contributed by atoms with Gasteiger partial charge in [0, 0.05) is 24.2 Å². The van der Waals surface area contributed by atoms with Crippen molar-refractivity contribution in [3.8, 4) is 11.4 Å². The molecule has 0 atom stereocenters. The van der Waals surface area contributed by atoms with Gasteiger partial charge < -0.3 is 14.6 Å². The number of aromatic nitrogens is 4. The Kier molecular flexibility index (Phi) is 6.74. The lowest BCUT2D eigenvalue weighted by atomic mass is 10.2. The molecule has 1 aromatic carbocycles. The minimum absolute atomic E-state index is 0.0198. The zero-order valence-corrected chi connectivity index (χ0v) is 17.1. The number of carbonyl (C=O) groups excluding carboxylic acids is 2. The lowest BCUT2D eigenvalue weighted by molar-refractivity contribution is -0.132. The van der Waals surface area contributed by atoms with Crippen LogP contribution < -0.4 is 5.32 Å². The summed E-state index contributed by atoms with van der Waals surface area (Å²) in [5.74, 6) is 0.245. The molecule has 0 radical (unpaired) electrons. The standard InChI is InChI=1S/C21H24N6O3/c1-4-26(14-19(28)22-15(2)3)21(29)18(13-17-11-8-12-30-17)27-20(23-24-25-27)16-9-6-5-7-10-16/h5-13,15H,4,14H2,1-3H3,(H,22,28)/b18-13+. The summed E-state index contributed by atoms with van der Waals surface area (Å²) in [5.41, 5.74) is 0.925. The maximum Gasteiger partial charge on any atom is 0.273 e. The molecule has 0 aliphatic carbocycles. The molecule has 0 aliphatic heterocycles. The van der Waals surface area contributed by atoms with Crippen LogP contribution in [0.4, 0.5) is 0 Å². The molecule has 30 heavy (non-hydrogen) atoms. The van der Waals surface area contributed by atoms with E-state index in [9.17, 15) is 9.59 Å². The second-order valence-corrected chi connectivity index (χ2v) is 6.87. The van der Waals surface area contributed by atoms with Crippen molar-refractivity contribution >= 4 is 23.6 Å². The van der Waals surface area contributed by atoms with E-state index in [4.69, 9.17) is 4.42 Å².